The van der Waals surface area contributed by atoms with Gasteiger partial charge < -0.3 is 9.88 Å². The minimum Gasteiger partial charge on any atom is -0.345 e. The lowest BCUT2D eigenvalue weighted by atomic mass is 10.2. The Bertz CT molecular complexity index is 673. The summed E-state index contributed by atoms with van der Waals surface area (Å²) in [6.07, 6.45) is 3.28. The zero-order chi connectivity index (χ0) is 13.8. The van der Waals surface area contributed by atoms with Crippen molar-refractivity contribution in [2.45, 2.75) is 13.0 Å². The number of aromatic nitrogens is 1. The lowest BCUT2D eigenvalue weighted by molar-refractivity contribution is 0.609. The minimum absolute atomic E-state index is 0.995. The molecule has 1 aromatic carbocycles. The second-order valence-electron chi connectivity index (χ2n) is 4.82. The molecule has 104 valence electrons. The van der Waals surface area contributed by atoms with E-state index in [2.05, 4.69) is 73.1 Å². The van der Waals surface area contributed by atoms with Gasteiger partial charge in [0.2, 0.25) is 0 Å². The molecule has 2 aromatic heterocycles. The Balaban J connectivity index is 1.52. The van der Waals surface area contributed by atoms with Gasteiger partial charge in [0.1, 0.15) is 0 Å². The van der Waals surface area contributed by atoms with Crippen molar-refractivity contribution in [3.63, 3.8) is 0 Å². The highest BCUT2D eigenvalue weighted by molar-refractivity contribution is 9.10. The zero-order valence-electron chi connectivity index (χ0n) is 11.2. The van der Waals surface area contributed by atoms with E-state index in [-0.39, 0.29) is 0 Å². The fourth-order valence-electron chi connectivity index (χ4n) is 2.38. The van der Waals surface area contributed by atoms with Gasteiger partial charge in [-0.05, 0) is 57.4 Å². The maximum absolute atomic E-state index is 3.63. The quantitative estimate of drug-likeness (QED) is 0.657. The number of halogens is 1. The van der Waals surface area contributed by atoms with Gasteiger partial charge in [0.25, 0.3) is 0 Å². The van der Waals surface area contributed by atoms with Crippen LogP contribution < -0.4 is 5.32 Å². The molecule has 0 aliphatic rings. The third-order valence-corrected chi connectivity index (χ3v) is 4.80. The minimum atomic E-state index is 0.995. The summed E-state index contributed by atoms with van der Waals surface area (Å²) in [7, 11) is 0. The Morgan fingerprint density at radius 1 is 1.15 bits per heavy atom. The Kier molecular flexibility index (Phi) is 4.55. The number of para-hydroxylation sites is 1. The van der Waals surface area contributed by atoms with Gasteiger partial charge in [-0.15, -0.1) is 0 Å². The number of hydrogen-bond acceptors (Lipinski definition) is 2. The number of hydrogen-bond donors (Lipinski definition) is 1. The van der Waals surface area contributed by atoms with Gasteiger partial charge in [0.05, 0.1) is 0 Å². The molecule has 4 heteroatoms. The Morgan fingerprint density at radius 3 is 2.90 bits per heavy atom. The average molecular weight is 349 g/mol. The standard InChI is InChI=1S/C16H17BrN2S/c17-15-11-19(16-4-2-1-3-14(15)16)9-8-18-7-5-13-6-10-20-12-13/h1-4,6,10-12,18H,5,7-9H2. The highest BCUT2D eigenvalue weighted by atomic mass is 79.9. The van der Waals surface area contributed by atoms with E-state index in [9.17, 15) is 0 Å². The Morgan fingerprint density at radius 2 is 2.05 bits per heavy atom. The first kappa shape index (κ1) is 13.9. The van der Waals surface area contributed by atoms with Crippen LogP contribution in [0.25, 0.3) is 10.9 Å². The molecule has 0 atom stereocenters. The molecule has 1 N–H and O–H groups in total. The lowest BCUT2D eigenvalue weighted by Crippen LogP contribution is -2.22. The van der Waals surface area contributed by atoms with E-state index in [1.807, 2.05) is 0 Å². The molecule has 20 heavy (non-hydrogen) atoms. The normalized spacial score (nSPS) is 11.2. The van der Waals surface area contributed by atoms with Crippen LogP contribution in [0.15, 0.2) is 51.8 Å². The average Bonchev–Trinajstić information content (AvgIpc) is 3.08. The molecule has 0 aliphatic carbocycles. The summed E-state index contributed by atoms with van der Waals surface area (Å²) in [4.78, 5) is 0. The van der Waals surface area contributed by atoms with E-state index in [1.54, 1.807) is 11.3 Å². The van der Waals surface area contributed by atoms with Gasteiger partial charge >= 0.3 is 0 Å². The predicted molar refractivity (Wildman–Crippen MR) is 90.5 cm³/mol. The molecule has 0 saturated heterocycles. The highest BCUT2D eigenvalue weighted by Gasteiger charge is 2.04. The van der Waals surface area contributed by atoms with Crippen LogP contribution in [-0.4, -0.2) is 17.7 Å². The molecule has 2 nitrogen and oxygen atoms in total. The third kappa shape index (κ3) is 3.14. The van der Waals surface area contributed by atoms with E-state index in [1.165, 1.54) is 20.9 Å². The van der Waals surface area contributed by atoms with Crippen molar-refractivity contribution in [2.24, 2.45) is 0 Å². The molecular formula is C16H17BrN2S. The number of benzene rings is 1. The monoisotopic (exact) mass is 348 g/mol. The van der Waals surface area contributed by atoms with E-state index in [0.29, 0.717) is 0 Å². The topological polar surface area (TPSA) is 17.0 Å². The first-order valence-electron chi connectivity index (χ1n) is 6.80. The summed E-state index contributed by atoms with van der Waals surface area (Å²) in [6.45, 7) is 3.03. The highest BCUT2D eigenvalue weighted by Crippen LogP contribution is 2.25. The van der Waals surface area contributed by atoms with Gasteiger partial charge in [-0.3, -0.25) is 0 Å². The molecule has 0 spiro atoms. The SMILES string of the molecule is Brc1cn(CCNCCc2ccsc2)c2ccccc12. The third-order valence-electron chi connectivity index (χ3n) is 3.44. The first-order valence-corrected chi connectivity index (χ1v) is 8.53. The zero-order valence-corrected chi connectivity index (χ0v) is 13.6. The van der Waals surface area contributed by atoms with Crippen LogP contribution >= 0.6 is 27.3 Å². The second kappa shape index (κ2) is 6.57. The summed E-state index contributed by atoms with van der Waals surface area (Å²) in [5, 5.41) is 9.16. The summed E-state index contributed by atoms with van der Waals surface area (Å²) in [6, 6.07) is 10.7. The predicted octanol–water partition coefficient (Wildman–Crippen LogP) is 4.30. The Labute approximate surface area is 131 Å². The molecular weight excluding hydrogens is 332 g/mol. The second-order valence-corrected chi connectivity index (χ2v) is 6.45. The fraction of sp³-hybridized carbons (Fsp3) is 0.250. The van der Waals surface area contributed by atoms with Crippen LogP contribution in [0.4, 0.5) is 0 Å². The van der Waals surface area contributed by atoms with E-state index >= 15 is 0 Å². The van der Waals surface area contributed by atoms with Gasteiger partial charge in [-0.25, -0.2) is 0 Å². The van der Waals surface area contributed by atoms with E-state index in [4.69, 9.17) is 0 Å². The number of nitrogens with zero attached hydrogens (tertiary/aromatic N) is 1. The van der Waals surface area contributed by atoms with E-state index in [0.717, 1.165) is 26.1 Å². The molecule has 0 bridgehead atoms. The smallest absolute Gasteiger partial charge is 0.0492 e. The van der Waals surface area contributed by atoms with Gasteiger partial charge in [0.15, 0.2) is 0 Å². The molecule has 0 amide bonds. The largest absolute Gasteiger partial charge is 0.345 e. The number of fused-ring (bicyclic) bond motifs is 1. The molecule has 0 aliphatic heterocycles. The van der Waals surface area contributed by atoms with Crippen molar-refractivity contribution < 1.29 is 0 Å². The van der Waals surface area contributed by atoms with Crippen molar-refractivity contribution in [1.29, 1.82) is 0 Å². The molecule has 0 fully saturated rings. The molecule has 2 heterocycles. The number of thiophene rings is 1. The summed E-state index contributed by atoms with van der Waals surface area (Å²) < 4.78 is 3.48. The maximum atomic E-state index is 3.63. The Hall–Kier alpha value is -1.10. The van der Waals surface area contributed by atoms with Crippen molar-refractivity contribution in [2.75, 3.05) is 13.1 Å². The first-order chi connectivity index (χ1) is 9.84. The fourth-order valence-corrected chi connectivity index (χ4v) is 3.66. The van der Waals surface area contributed by atoms with Crippen LogP contribution in [0.1, 0.15) is 5.56 Å². The van der Waals surface area contributed by atoms with Crippen LogP contribution in [-0.2, 0) is 13.0 Å². The van der Waals surface area contributed by atoms with Crippen LogP contribution in [0.2, 0.25) is 0 Å². The van der Waals surface area contributed by atoms with Crippen molar-refractivity contribution in [3.8, 4) is 0 Å². The van der Waals surface area contributed by atoms with Crippen molar-refractivity contribution in [1.82, 2.24) is 9.88 Å². The van der Waals surface area contributed by atoms with E-state index < -0.39 is 0 Å². The van der Waals surface area contributed by atoms with Crippen molar-refractivity contribution in [3.05, 3.63) is 57.3 Å². The van der Waals surface area contributed by atoms with Crippen LogP contribution in [0, 0.1) is 0 Å². The van der Waals surface area contributed by atoms with Gasteiger partial charge in [-0.1, -0.05) is 18.2 Å². The molecule has 0 saturated carbocycles. The summed E-state index contributed by atoms with van der Waals surface area (Å²) >= 11 is 5.39. The van der Waals surface area contributed by atoms with Crippen LogP contribution in [0.5, 0.6) is 0 Å². The van der Waals surface area contributed by atoms with Gasteiger partial charge in [-0.2, -0.15) is 11.3 Å². The van der Waals surface area contributed by atoms with Crippen molar-refractivity contribution >= 4 is 38.2 Å². The molecule has 0 radical (unpaired) electrons. The number of nitrogens with one attached hydrogen (secondary N) is 1. The molecule has 3 aromatic rings. The summed E-state index contributed by atoms with van der Waals surface area (Å²) in [5.74, 6) is 0. The molecule has 0 unspecified atom stereocenters. The number of rotatable bonds is 6. The lowest BCUT2D eigenvalue weighted by Gasteiger charge is -2.07. The van der Waals surface area contributed by atoms with Gasteiger partial charge in [0, 0.05) is 34.7 Å². The van der Waals surface area contributed by atoms with Crippen LogP contribution in [0.3, 0.4) is 0 Å². The molecule has 3 rings (SSSR count). The summed E-state index contributed by atoms with van der Waals surface area (Å²) in [5.41, 5.74) is 2.72. The maximum Gasteiger partial charge on any atom is 0.0492 e.